The van der Waals surface area contributed by atoms with E-state index in [9.17, 15) is 8.42 Å². The number of nitrogens with zero attached hydrogens (tertiary/aromatic N) is 1. The summed E-state index contributed by atoms with van der Waals surface area (Å²) < 4.78 is 31.8. The van der Waals surface area contributed by atoms with E-state index in [-0.39, 0.29) is 0 Å². The maximum atomic E-state index is 12.6. The Morgan fingerprint density at radius 2 is 2.05 bits per heavy atom. The number of piperidine rings is 1. The van der Waals surface area contributed by atoms with Crippen molar-refractivity contribution in [2.24, 2.45) is 11.7 Å². The standard InChI is InChI=1S/C14H22N2O3S/c1-19-13-4-6-14(7-5-13)20(17,18)16-10-2-3-12(11-16)8-9-15/h4-7,12H,2-3,8-11,15H2,1H3. The molecule has 1 unspecified atom stereocenters. The number of hydrogen-bond donors (Lipinski definition) is 1. The van der Waals surface area contributed by atoms with E-state index in [2.05, 4.69) is 0 Å². The average Bonchev–Trinajstić information content (AvgIpc) is 2.48. The van der Waals surface area contributed by atoms with Gasteiger partial charge in [-0.2, -0.15) is 4.31 Å². The van der Waals surface area contributed by atoms with Gasteiger partial charge in [0.05, 0.1) is 12.0 Å². The minimum absolute atomic E-state index is 0.326. The van der Waals surface area contributed by atoms with Gasteiger partial charge >= 0.3 is 0 Å². The molecule has 1 heterocycles. The van der Waals surface area contributed by atoms with Crippen LogP contribution in [0.5, 0.6) is 5.75 Å². The molecule has 0 aromatic heterocycles. The van der Waals surface area contributed by atoms with Crippen LogP contribution in [-0.4, -0.2) is 39.5 Å². The van der Waals surface area contributed by atoms with Crippen LogP contribution >= 0.6 is 0 Å². The summed E-state index contributed by atoms with van der Waals surface area (Å²) in [5, 5.41) is 0. The number of benzene rings is 1. The van der Waals surface area contributed by atoms with Crippen LogP contribution < -0.4 is 10.5 Å². The van der Waals surface area contributed by atoms with Gasteiger partial charge in [-0.15, -0.1) is 0 Å². The third-order valence-corrected chi connectivity index (χ3v) is 5.63. The summed E-state index contributed by atoms with van der Waals surface area (Å²) >= 11 is 0. The fraction of sp³-hybridized carbons (Fsp3) is 0.571. The van der Waals surface area contributed by atoms with E-state index in [1.165, 1.54) is 0 Å². The summed E-state index contributed by atoms with van der Waals surface area (Å²) in [5.41, 5.74) is 5.58. The largest absolute Gasteiger partial charge is 0.497 e. The molecule has 1 aromatic rings. The first kappa shape index (κ1) is 15.3. The molecule has 20 heavy (non-hydrogen) atoms. The molecule has 5 nitrogen and oxygen atoms in total. The Morgan fingerprint density at radius 3 is 2.65 bits per heavy atom. The van der Waals surface area contributed by atoms with Crippen molar-refractivity contribution < 1.29 is 13.2 Å². The van der Waals surface area contributed by atoms with Gasteiger partial charge in [-0.05, 0) is 56.0 Å². The average molecular weight is 298 g/mol. The van der Waals surface area contributed by atoms with E-state index in [4.69, 9.17) is 10.5 Å². The van der Waals surface area contributed by atoms with Crippen molar-refractivity contribution in [1.29, 1.82) is 0 Å². The molecular weight excluding hydrogens is 276 g/mol. The molecule has 112 valence electrons. The molecule has 2 rings (SSSR count). The number of ether oxygens (including phenoxy) is 1. The van der Waals surface area contributed by atoms with Gasteiger partial charge in [0.2, 0.25) is 10.0 Å². The van der Waals surface area contributed by atoms with Gasteiger partial charge in [0.1, 0.15) is 5.75 Å². The van der Waals surface area contributed by atoms with E-state index in [0.29, 0.717) is 36.2 Å². The van der Waals surface area contributed by atoms with Gasteiger partial charge < -0.3 is 10.5 Å². The normalized spacial score (nSPS) is 20.8. The van der Waals surface area contributed by atoms with Gasteiger partial charge in [-0.1, -0.05) is 0 Å². The molecule has 1 atom stereocenters. The number of hydrogen-bond acceptors (Lipinski definition) is 4. The van der Waals surface area contributed by atoms with Crippen molar-refractivity contribution >= 4 is 10.0 Å². The van der Waals surface area contributed by atoms with Crippen molar-refractivity contribution in [2.75, 3.05) is 26.7 Å². The topological polar surface area (TPSA) is 72.6 Å². The van der Waals surface area contributed by atoms with Crippen molar-refractivity contribution in [2.45, 2.75) is 24.2 Å². The third kappa shape index (κ3) is 3.31. The zero-order valence-corrected chi connectivity index (χ0v) is 12.6. The monoisotopic (exact) mass is 298 g/mol. The van der Waals surface area contributed by atoms with Crippen molar-refractivity contribution in [3.8, 4) is 5.75 Å². The maximum Gasteiger partial charge on any atom is 0.243 e. The minimum atomic E-state index is -3.40. The van der Waals surface area contributed by atoms with Crippen molar-refractivity contribution in [3.63, 3.8) is 0 Å². The molecule has 1 aliphatic heterocycles. The van der Waals surface area contributed by atoms with Gasteiger partial charge in [-0.3, -0.25) is 0 Å². The van der Waals surface area contributed by atoms with Crippen molar-refractivity contribution in [3.05, 3.63) is 24.3 Å². The highest BCUT2D eigenvalue weighted by atomic mass is 32.2. The molecule has 1 fully saturated rings. The Bertz CT molecular complexity index is 526. The summed E-state index contributed by atoms with van der Waals surface area (Å²) in [7, 11) is -1.84. The van der Waals surface area contributed by atoms with E-state index >= 15 is 0 Å². The molecule has 2 N–H and O–H groups in total. The lowest BCUT2D eigenvalue weighted by molar-refractivity contribution is 0.258. The van der Waals surface area contributed by atoms with Gasteiger partial charge in [0.25, 0.3) is 0 Å². The zero-order chi connectivity index (χ0) is 14.6. The zero-order valence-electron chi connectivity index (χ0n) is 11.8. The first-order valence-corrected chi connectivity index (χ1v) is 8.36. The van der Waals surface area contributed by atoms with E-state index in [1.807, 2.05) is 0 Å². The quantitative estimate of drug-likeness (QED) is 0.893. The third-order valence-electron chi connectivity index (χ3n) is 3.75. The smallest absolute Gasteiger partial charge is 0.243 e. The second kappa shape index (κ2) is 6.56. The lowest BCUT2D eigenvalue weighted by Crippen LogP contribution is -2.40. The molecule has 1 saturated heterocycles. The molecule has 6 heteroatoms. The second-order valence-electron chi connectivity index (χ2n) is 5.12. The number of nitrogens with two attached hydrogens (primary N) is 1. The number of rotatable bonds is 5. The fourth-order valence-electron chi connectivity index (χ4n) is 2.61. The molecule has 0 bridgehead atoms. The molecular formula is C14H22N2O3S. The van der Waals surface area contributed by atoms with Crippen LogP contribution in [0.1, 0.15) is 19.3 Å². The van der Waals surface area contributed by atoms with E-state index in [1.54, 1.807) is 35.7 Å². The fourth-order valence-corrected chi connectivity index (χ4v) is 4.17. The Balaban J connectivity index is 2.16. The predicted octanol–water partition coefficient (Wildman–Crippen LogP) is 1.44. The summed E-state index contributed by atoms with van der Waals surface area (Å²) in [4.78, 5) is 0.326. The highest BCUT2D eigenvalue weighted by Gasteiger charge is 2.29. The first-order chi connectivity index (χ1) is 9.57. The van der Waals surface area contributed by atoms with Crippen molar-refractivity contribution in [1.82, 2.24) is 4.31 Å². The van der Waals surface area contributed by atoms with Crippen LogP contribution in [0.25, 0.3) is 0 Å². The molecule has 0 aliphatic carbocycles. The summed E-state index contributed by atoms with van der Waals surface area (Å²) in [5.74, 6) is 1.03. The van der Waals surface area contributed by atoms with Gasteiger partial charge in [-0.25, -0.2) is 8.42 Å². The molecule has 0 amide bonds. The van der Waals surface area contributed by atoms with Crippen LogP contribution in [-0.2, 0) is 10.0 Å². The summed E-state index contributed by atoms with van der Waals surface area (Å²) in [6.45, 7) is 1.78. The van der Waals surface area contributed by atoms with Crippen LogP contribution in [0.4, 0.5) is 0 Å². The molecule has 1 aliphatic rings. The lowest BCUT2D eigenvalue weighted by Gasteiger charge is -2.31. The van der Waals surface area contributed by atoms with Gasteiger partial charge in [0, 0.05) is 13.1 Å². The number of sulfonamides is 1. The predicted molar refractivity (Wildman–Crippen MR) is 78.1 cm³/mol. The summed E-state index contributed by atoms with van der Waals surface area (Å²) in [6.07, 6.45) is 2.85. The Morgan fingerprint density at radius 1 is 1.35 bits per heavy atom. The SMILES string of the molecule is COc1ccc(S(=O)(=O)N2CCCC(CCN)C2)cc1. The first-order valence-electron chi connectivity index (χ1n) is 6.92. The molecule has 1 aromatic carbocycles. The Kier molecular flexibility index (Phi) is 5.01. The molecule has 0 saturated carbocycles. The van der Waals surface area contributed by atoms with Crippen LogP contribution in [0.15, 0.2) is 29.2 Å². The highest BCUT2D eigenvalue weighted by Crippen LogP contribution is 2.26. The second-order valence-corrected chi connectivity index (χ2v) is 7.06. The Hall–Kier alpha value is -1.11. The van der Waals surface area contributed by atoms with Gasteiger partial charge in [0.15, 0.2) is 0 Å². The highest BCUT2D eigenvalue weighted by molar-refractivity contribution is 7.89. The van der Waals surface area contributed by atoms with Crippen LogP contribution in [0, 0.1) is 5.92 Å². The molecule has 0 radical (unpaired) electrons. The van der Waals surface area contributed by atoms with Crippen LogP contribution in [0.3, 0.4) is 0 Å². The molecule has 0 spiro atoms. The minimum Gasteiger partial charge on any atom is -0.497 e. The van der Waals surface area contributed by atoms with Crippen LogP contribution in [0.2, 0.25) is 0 Å². The summed E-state index contributed by atoms with van der Waals surface area (Å²) in [6, 6.07) is 6.55. The van der Waals surface area contributed by atoms with E-state index < -0.39 is 10.0 Å². The number of methoxy groups -OCH3 is 1. The maximum absolute atomic E-state index is 12.6. The lowest BCUT2D eigenvalue weighted by atomic mass is 9.96. The van der Waals surface area contributed by atoms with E-state index in [0.717, 1.165) is 19.3 Å². The Labute approximate surface area is 120 Å².